The van der Waals surface area contributed by atoms with Crippen LogP contribution in [-0.2, 0) is 16.0 Å². The number of hydrogen-bond donors (Lipinski definition) is 2. The van der Waals surface area contributed by atoms with Crippen LogP contribution in [0.3, 0.4) is 0 Å². The first-order valence-electron chi connectivity index (χ1n) is 8.18. The molecule has 0 atom stereocenters. The monoisotopic (exact) mass is 319 g/mol. The third-order valence-corrected chi connectivity index (χ3v) is 4.14. The number of para-hydroxylation sites is 1. The molecule has 1 aliphatic carbocycles. The molecule has 2 rings (SSSR count). The van der Waals surface area contributed by atoms with Gasteiger partial charge in [0.1, 0.15) is 5.75 Å². The minimum atomic E-state index is -0.865. The Morgan fingerprint density at radius 1 is 1.26 bits per heavy atom. The number of aliphatic carboxylic acids is 1. The zero-order valence-corrected chi connectivity index (χ0v) is 13.8. The molecule has 0 heterocycles. The summed E-state index contributed by atoms with van der Waals surface area (Å²) in [6.45, 7) is 3.88. The number of carboxylic acids is 1. The van der Waals surface area contributed by atoms with Crippen LogP contribution >= 0.6 is 0 Å². The molecule has 0 aromatic heterocycles. The molecule has 0 spiro atoms. The number of carboxylic acid groups (broad SMARTS) is 1. The fraction of sp³-hybridized carbons (Fsp3) is 0.556. The van der Waals surface area contributed by atoms with Crippen LogP contribution in [0.1, 0.15) is 51.5 Å². The summed E-state index contributed by atoms with van der Waals surface area (Å²) in [4.78, 5) is 23.5. The number of benzene rings is 1. The first-order chi connectivity index (χ1) is 10.9. The van der Waals surface area contributed by atoms with E-state index in [-0.39, 0.29) is 24.9 Å². The zero-order chi connectivity index (χ0) is 16.9. The van der Waals surface area contributed by atoms with E-state index in [2.05, 4.69) is 5.32 Å². The summed E-state index contributed by atoms with van der Waals surface area (Å²) in [7, 11) is 0. The van der Waals surface area contributed by atoms with E-state index in [4.69, 9.17) is 9.84 Å². The summed E-state index contributed by atoms with van der Waals surface area (Å²) in [6.07, 6.45) is 3.60. The molecule has 0 unspecified atom stereocenters. The smallest absolute Gasteiger partial charge is 0.305 e. The predicted molar refractivity (Wildman–Crippen MR) is 87.5 cm³/mol. The van der Waals surface area contributed by atoms with Crippen molar-refractivity contribution in [2.45, 2.75) is 64.0 Å². The topological polar surface area (TPSA) is 75.6 Å². The van der Waals surface area contributed by atoms with Crippen LogP contribution in [0.4, 0.5) is 0 Å². The van der Waals surface area contributed by atoms with Crippen molar-refractivity contribution in [3.63, 3.8) is 0 Å². The lowest BCUT2D eigenvalue weighted by Crippen LogP contribution is -2.48. The lowest BCUT2D eigenvalue weighted by molar-refractivity contribution is -0.139. The van der Waals surface area contributed by atoms with Crippen LogP contribution in [0, 0.1) is 0 Å². The Kier molecular flexibility index (Phi) is 5.64. The molecule has 23 heavy (non-hydrogen) atoms. The van der Waals surface area contributed by atoms with Crippen LogP contribution < -0.4 is 10.1 Å². The molecule has 5 heteroatoms. The largest absolute Gasteiger partial charge is 0.491 e. The van der Waals surface area contributed by atoms with E-state index in [0.29, 0.717) is 5.75 Å². The van der Waals surface area contributed by atoms with Crippen LogP contribution in [0.15, 0.2) is 24.3 Å². The Hall–Kier alpha value is -2.04. The van der Waals surface area contributed by atoms with E-state index in [9.17, 15) is 9.59 Å². The van der Waals surface area contributed by atoms with E-state index < -0.39 is 11.5 Å². The molecule has 0 saturated heterocycles. The molecule has 1 fully saturated rings. The normalized spacial score (nSPS) is 16.3. The predicted octanol–water partition coefficient (Wildman–Crippen LogP) is 2.92. The van der Waals surface area contributed by atoms with Gasteiger partial charge in [0.05, 0.1) is 24.5 Å². The maximum atomic E-state index is 12.4. The average Bonchev–Trinajstić information content (AvgIpc) is 2.87. The van der Waals surface area contributed by atoms with Gasteiger partial charge in [-0.15, -0.1) is 0 Å². The molecule has 1 aromatic carbocycles. The minimum Gasteiger partial charge on any atom is -0.491 e. The lowest BCUT2D eigenvalue weighted by Gasteiger charge is -2.29. The summed E-state index contributed by atoms with van der Waals surface area (Å²) in [5, 5.41) is 12.1. The number of nitrogens with one attached hydrogen (secondary N) is 1. The van der Waals surface area contributed by atoms with Crippen LogP contribution in [-0.4, -0.2) is 28.6 Å². The average molecular weight is 319 g/mol. The number of carbonyl (C=O) groups is 2. The first-order valence-corrected chi connectivity index (χ1v) is 8.18. The molecule has 2 N–H and O–H groups in total. The van der Waals surface area contributed by atoms with Crippen molar-refractivity contribution in [1.29, 1.82) is 0 Å². The Morgan fingerprint density at radius 2 is 1.91 bits per heavy atom. The molecule has 0 radical (unpaired) electrons. The van der Waals surface area contributed by atoms with Crippen molar-refractivity contribution in [2.75, 3.05) is 0 Å². The van der Waals surface area contributed by atoms with Crippen LogP contribution in [0.2, 0.25) is 0 Å². The van der Waals surface area contributed by atoms with Gasteiger partial charge in [-0.05, 0) is 32.8 Å². The highest BCUT2D eigenvalue weighted by Crippen LogP contribution is 2.33. The highest BCUT2D eigenvalue weighted by Gasteiger charge is 2.37. The van der Waals surface area contributed by atoms with Crippen molar-refractivity contribution in [3.8, 4) is 5.75 Å². The van der Waals surface area contributed by atoms with Gasteiger partial charge < -0.3 is 15.2 Å². The molecule has 0 bridgehead atoms. The maximum absolute atomic E-state index is 12.4. The maximum Gasteiger partial charge on any atom is 0.305 e. The number of rotatable bonds is 7. The molecular weight excluding hydrogens is 294 g/mol. The quantitative estimate of drug-likeness (QED) is 0.810. The summed E-state index contributed by atoms with van der Waals surface area (Å²) in [6, 6.07) is 7.47. The SMILES string of the molecule is CC(C)Oc1ccccc1CC(=O)NC1(CC(=O)O)CCCC1. The Morgan fingerprint density at radius 3 is 2.52 bits per heavy atom. The summed E-state index contributed by atoms with van der Waals surface area (Å²) in [5.74, 6) is -0.306. The second-order valence-electron chi connectivity index (χ2n) is 6.56. The van der Waals surface area contributed by atoms with E-state index >= 15 is 0 Å². The second-order valence-corrected chi connectivity index (χ2v) is 6.56. The number of carbonyl (C=O) groups excluding carboxylic acids is 1. The van der Waals surface area contributed by atoms with Gasteiger partial charge in [-0.2, -0.15) is 0 Å². The Bertz CT molecular complexity index is 562. The van der Waals surface area contributed by atoms with Gasteiger partial charge in [0.15, 0.2) is 0 Å². The van der Waals surface area contributed by atoms with E-state index in [1.54, 1.807) is 0 Å². The van der Waals surface area contributed by atoms with E-state index in [1.165, 1.54) is 0 Å². The summed E-state index contributed by atoms with van der Waals surface area (Å²) in [5.41, 5.74) is 0.235. The molecule has 1 aromatic rings. The van der Waals surface area contributed by atoms with E-state index in [0.717, 1.165) is 31.2 Å². The highest BCUT2D eigenvalue weighted by molar-refractivity contribution is 5.81. The number of ether oxygens (including phenoxy) is 1. The first kappa shape index (κ1) is 17.3. The van der Waals surface area contributed by atoms with Gasteiger partial charge in [0.2, 0.25) is 5.91 Å². The van der Waals surface area contributed by atoms with Gasteiger partial charge in [0, 0.05) is 5.56 Å². The molecule has 1 saturated carbocycles. The third kappa shape index (κ3) is 4.98. The highest BCUT2D eigenvalue weighted by atomic mass is 16.5. The van der Waals surface area contributed by atoms with Crippen molar-refractivity contribution < 1.29 is 19.4 Å². The van der Waals surface area contributed by atoms with Gasteiger partial charge in [-0.1, -0.05) is 31.0 Å². The number of hydrogen-bond acceptors (Lipinski definition) is 3. The van der Waals surface area contributed by atoms with Gasteiger partial charge in [0.25, 0.3) is 0 Å². The summed E-state index contributed by atoms with van der Waals surface area (Å²) < 4.78 is 5.73. The molecule has 126 valence electrons. The van der Waals surface area contributed by atoms with E-state index in [1.807, 2.05) is 38.1 Å². The fourth-order valence-electron chi connectivity index (χ4n) is 3.22. The molecule has 1 aliphatic rings. The van der Waals surface area contributed by atoms with Crippen molar-refractivity contribution in [2.24, 2.45) is 0 Å². The molecule has 1 amide bonds. The lowest BCUT2D eigenvalue weighted by atomic mass is 9.92. The van der Waals surface area contributed by atoms with Crippen molar-refractivity contribution >= 4 is 11.9 Å². The van der Waals surface area contributed by atoms with Gasteiger partial charge >= 0.3 is 5.97 Å². The Labute approximate surface area is 137 Å². The summed E-state index contributed by atoms with van der Waals surface area (Å²) >= 11 is 0. The Balaban J connectivity index is 2.05. The zero-order valence-electron chi connectivity index (χ0n) is 13.8. The minimum absolute atomic E-state index is 0.0110. The van der Waals surface area contributed by atoms with Crippen LogP contribution in [0.25, 0.3) is 0 Å². The van der Waals surface area contributed by atoms with Crippen molar-refractivity contribution in [3.05, 3.63) is 29.8 Å². The fourth-order valence-corrected chi connectivity index (χ4v) is 3.22. The molecule has 0 aliphatic heterocycles. The molecular formula is C18H25NO4. The molecule has 5 nitrogen and oxygen atoms in total. The van der Waals surface area contributed by atoms with Crippen molar-refractivity contribution in [1.82, 2.24) is 5.32 Å². The van der Waals surface area contributed by atoms with Gasteiger partial charge in [-0.3, -0.25) is 9.59 Å². The number of amides is 1. The van der Waals surface area contributed by atoms with Crippen LogP contribution in [0.5, 0.6) is 5.75 Å². The second kappa shape index (κ2) is 7.49. The third-order valence-electron chi connectivity index (χ3n) is 4.14. The van der Waals surface area contributed by atoms with Gasteiger partial charge in [-0.25, -0.2) is 0 Å². The standard InChI is InChI=1S/C18H25NO4/c1-13(2)23-15-8-4-3-7-14(15)11-16(20)19-18(12-17(21)22)9-5-6-10-18/h3-4,7-8,13H,5-6,9-12H2,1-2H3,(H,19,20)(H,21,22).